The normalized spacial score (nSPS) is 19.6. The number of anilines is 1. The molecule has 2 aliphatic rings. The van der Waals surface area contributed by atoms with E-state index in [-0.39, 0.29) is 45.8 Å². The first-order valence-corrected chi connectivity index (χ1v) is 18.7. The smallest absolute Gasteiger partial charge is 0.744 e. The Balaban J connectivity index is 0.00000650. The van der Waals surface area contributed by atoms with Crippen LogP contribution >= 0.6 is 0 Å². The van der Waals surface area contributed by atoms with Gasteiger partial charge in [0.15, 0.2) is 5.71 Å². The van der Waals surface area contributed by atoms with Crippen molar-refractivity contribution in [2.24, 2.45) is 0 Å². The van der Waals surface area contributed by atoms with E-state index in [2.05, 4.69) is 9.48 Å². The number of nitrogens with zero attached hydrogens (tertiary/aromatic N) is 2. The number of unbranched alkanes of at least 4 members (excludes halogenated alkanes) is 2. The van der Waals surface area contributed by atoms with Crippen LogP contribution in [0.5, 0.6) is 0 Å². The summed E-state index contributed by atoms with van der Waals surface area (Å²) in [5.74, 6) is -0.841. The number of carboxylic acid groups (broad SMARTS) is 1. The molecule has 2 aliphatic heterocycles. The van der Waals surface area contributed by atoms with Gasteiger partial charge in [-0.3, -0.25) is 9.35 Å². The molecule has 0 amide bonds. The third-order valence-electron chi connectivity index (χ3n) is 9.28. The molecule has 1 atom stereocenters. The number of aliphatic carboxylic acids is 1. The second kappa shape index (κ2) is 16.2. The molecule has 260 valence electrons. The van der Waals surface area contributed by atoms with E-state index < -0.39 is 37.0 Å². The zero-order valence-corrected chi connectivity index (χ0v) is 32.6. The fourth-order valence-electron chi connectivity index (χ4n) is 6.73. The summed E-state index contributed by atoms with van der Waals surface area (Å²) >= 11 is 0. The number of hydrogen-bond donors (Lipinski definition) is 2. The molecule has 0 saturated carbocycles. The first kappa shape index (κ1) is 40.8. The average molecular weight is 724 g/mol. The summed E-state index contributed by atoms with van der Waals surface area (Å²) in [6.07, 6.45) is 12.2. The van der Waals surface area contributed by atoms with Crippen molar-refractivity contribution in [3.05, 3.63) is 83.6 Å². The SMILES string of the molecule is CC[N+]1=C(/C=C/C=C/C=C2/N(CCCCCC(=O)O)c3ccc(S(=O)(=O)[O-])cc3C2(C)CCOC)C(C)(C)c2cc(S(=O)(=O)O)ccc21.[Na+]. The van der Waals surface area contributed by atoms with Gasteiger partial charge in [0.2, 0.25) is 5.69 Å². The van der Waals surface area contributed by atoms with Crippen LogP contribution in [-0.2, 0) is 40.6 Å². The minimum Gasteiger partial charge on any atom is -0.744 e. The van der Waals surface area contributed by atoms with Crippen LogP contribution in [0.4, 0.5) is 11.4 Å². The summed E-state index contributed by atoms with van der Waals surface area (Å²) in [6, 6.07) is 9.08. The first-order chi connectivity index (χ1) is 22.5. The van der Waals surface area contributed by atoms with Crippen LogP contribution in [0, 0.1) is 0 Å². The summed E-state index contributed by atoms with van der Waals surface area (Å²) in [7, 11) is -7.45. The topological polar surface area (TPSA) is 164 Å². The van der Waals surface area contributed by atoms with Gasteiger partial charge in [0.1, 0.15) is 16.7 Å². The van der Waals surface area contributed by atoms with Gasteiger partial charge >= 0.3 is 35.5 Å². The van der Waals surface area contributed by atoms with E-state index in [1.54, 1.807) is 19.2 Å². The predicted octanol–water partition coefficient (Wildman–Crippen LogP) is 2.69. The molecular weight excluding hydrogens is 680 g/mol. The monoisotopic (exact) mass is 723 g/mol. The second-order valence-corrected chi connectivity index (χ2v) is 15.6. The van der Waals surface area contributed by atoms with Crippen molar-refractivity contribution >= 4 is 43.3 Å². The van der Waals surface area contributed by atoms with Gasteiger partial charge in [0.05, 0.1) is 15.2 Å². The van der Waals surface area contributed by atoms with Crippen molar-refractivity contribution in [3.63, 3.8) is 0 Å². The number of hydrogen-bond acceptors (Lipinski definition) is 8. The predicted molar refractivity (Wildman–Crippen MR) is 183 cm³/mol. The Kier molecular flexibility index (Phi) is 13.5. The number of methoxy groups -OCH3 is 1. The Morgan fingerprint density at radius 2 is 1.65 bits per heavy atom. The van der Waals surface area contributed by atoms with Gasteiger partial charge in [-0.2, -0.15) is 13.0 Å². The maximum atomic E-state index is 12.0. The number of carbonyl (C=O) groups is 1. The minimum absolute atomic E-state index is 0. The Morgan fingerprint density at radius 3 is 2.27 bits per heavy atom. The number of rotatable bonds is 15. The Bertz CT molecular complexity index is 1920. The van der Waals surface area contributed by atoms with Gasteiger partial charge in [-0.15, -0.1) is 0 Å². The van der Waals surface area contributed by atoms with E-state index in [4.69, 9.17) is 9.84 Å². The van der Waals surface area contributed by atoms with Gasteiger partial charge in [0.25, 0.3) is 10.1 Å². The fourth-order valence-corrected chi connectivity index (χ4v) is 7.74. The Labute approximate surface area is 311 Å². The maximum absolute atomic E-state index is 12.0. The number of carboxylic acids is 1. The summed E-state index contributed by atoms with van der Waals surface area (Å²) in [5, 5.41) is 9.04. The quantitative estimate of drug-likeness (QED) is 0.0919. The van der Waals surface area contributed by atoms with Crippen molar-refractivity contribution < 1.29 is 74.7 Å². The van der Waals surface area contributed by atoms with Crippen molar-refractivity contribution in [2.45, 2.75) is 80.4 Å². The van der Waals surface area contributed by atoms with Crippen molar-refractivity contribution in [2.75, 3.05) is 31.7 Å². The van der Waals surface area contributed by atoms with E-state index >= 15 is 0 Å². The minimum atomic E-state index is -4.69. The third kappa shape index (κ3) is 8.82. The molecule has 0 fully saturated rings. The van der Waals surface area contributed by atoms with Gasteiger partial charge < -0.3 is 19.3 Å². The van der Waals surface area contributed by atoms with Crippen LogP contribution in [-0.4, -0.2) is 74.1 Å². The summed E-state index contributed by atoms with van der Waals surface area (Å²) in [5.41, 5.74) is 3.79. The molecule has 2 aromatic rings. The molecule has 0 saturated heterocycles. The van der Waals surface area contributed by atoms with Crippen molar-refractivity contribution in [1.29, 1.82) is 0 Å². The van der Waals surface area contributed by atoms with Crippen molar-refractivity contribution in [1.82, 2.24) is 0 Å². The summed E-state index contributed by atoms with van der Waals surface area (Å²) in [4.78, 5) is 12.7. The van der Waals surface area contributed by atoms with E-state index in [1.165, 1.54) is 24.3 Å². The van der Waals surface area contributed by atoms with Crippen LogP contribution in [0.1, 0.15) is 70.9 Å². The third-order valence-corrected chi connectivity index (χ3v) is 11.0. The molecule has 14 heteroatoms. The largest absolute Gasteiger partial charge is 1.00 e. The van der Waals surface area contributed by atoms with E-state index in [9.17, 15) is 30.7 Å². The van der Waals surface area contributed by atoms with E-state index in [0.717, 1.165) is 28.3 Å². The van der Waals surface area contributed by atoms with E-state index in [0.29, 0.717) is 50.9 Å². The zero-order valence-electron chi connectivity index (χ0n) is 29.0. The van der Waals surface area contributed by atoms with Gasteiger partial charge in [-0.1, -0.05) is 24.6 Å². The number of allylic oxidation sites excluding steroid dienone is 6. The Morgan fingerprint density at radius 1 is 0.980 bits per heavy atom. The van der Waals surface area contributed by atoms with E-state index in [1.807, 2.05) is 58.1 Å². The molecule has 2 N–H and O–H groups in total. The molecule has 4 rings (SSSR count). The Hall–Kier alpha value is -2.62. The molecule has 0 radical (unpaired) electrons. The van der Waals surface area contributed by atoms with Crippen LogP contribution < -0.4 is 34.5 Å². The molecule has 0 aliphatic carbocycles. The number of benzene rings is 2. The molecule has 11 nitrogen and oxygen atoms in total. The first-order valence-electron chi connectivity index (χ1n) is 15.9. The fraction of sp³-hybridized carbons (Fsp3) is 0.429. The maximum Gasteiger partial charge on any atom is 1.00 e. The molecule has 49 heavy (non-hydrogen) atoms. The van der Waals surface area contributed by atoms with Gasteiger partial charge in [-0.05, 0) is 88.9 Å². The van der Waals surface area contributed by atoms with Crippen LogP contribution in [0.15, 0.2) is 82.3 Å². The molecular formula is C35H44N2NaO9S2+. The molecule has 0 aromatic heterocycles. The molecule has 1 unspecified atom stereocenters. The standard InChI is InChI=1S/C35H44N2O9S2.Na/c1-6-36-29-18-16-25(47(40,41)42)23-27(29)34(2,3)31(36)13-9-7-10-14-32-35(4,20-22-46-5)28-24-26(48(43,44)45)17-19-30(28)37(32)21-12-8-11-15-33(38)39;/h7,9-10,13-14,16-19,23-24H,6,8,11-12,15,20-22H2,1-5H3,(H2-,38,39,40,41,42,43,44,45);/q;+1. The average Bonchev–Trinajstić information content (AvgIpc) is 3.37. The zero-order chi connectivity index (χ0) is 35.5. The summed E-state index contributed by atoms with van der Waals surface area (Å²) in [6.45, 7) is 9.61. The van der Waals surface area contributed by atoms with Crippen LogP contribution in [0.25, 0.3) is 0 Å². The van der Waals surface area contributed by atoms with Gasteiger partial charge in [0, 0.05) is 61.2 Å². The number of ether oxygens (including phenoxy) is 1. The molecule has 0 spiro atoms. The van der Waals surface area contributed by atoms with Crippen molar-refractivity contribution in [3.8, 4) is 0 Å². The van der Waals surface area contributed by atoms with Gasteiger partial charge in [-0.25, -0.2) is 8.42 Å². The second-order valence-electron chi connectivity index (χ2n) is 12.8. The number of fused-ring (bicyclic) bond motifs is 2. The van der Waals surface area contributed by atoms with Crippen LogP contribution in [0.3, 0.4) is 0 Å². The summed E-state index contributed by atoms with van der Waals surface area (Å²) < 4.78 is 76.8. The van der Waals surface area contributed by atoms with Crippen LogP contribution in [0.2, 0.25) is 0 Å². The molecule has 2 heterocycles. The molecule has 0 bridgehead atoms. The molecule has 2 aromatic carbocycles.